The molecule has 1 unspecified atom stereocenters. The highest BCUT2D eigenvalue weighted by Gasteiger charge is 2.37. The highest BCUT2D eigenvalue weighted by atomic mass is 16.5. The summed E-state index contributed by atoms with van der Waals surface area (Å²) >= 11 is 0. The van der Waals surface area contributed by atoms with Crippen LogP contribution in [0.2, 0.25) is 0 Å². The van der Waals surface area contributed by atoms with Gasteiger partial charge in [0.15, 0.2) is 0 Å². The monoisotopic (exact) mass is 320 g/mol. The van der Waals surface area contributed by atoms with Crippen molar-refractivity contribution in [2.45, 2.75) is 70.4 Å². The van der Waals surface area contributed by atoms with Crippen LogP contribution in [0.3, 0.4) is 0 Å². The van der Waals surface area contributed by atoms with Crippen molar-refractivity contribution in [1.29, 1.82) is 0 Å². The predicted molar refractivity (Wildman–Crippen MR) is 94.4 cm³/mol. The molecular formula is C19H32N2O2. The first-order valence-corrected chi connectivity index (χ1v) is 8.58. The molecule has 1 aliphatic rings. The van der Waals surface area contributed by atoms with Crippen molar-refractivity contribution in [3.05, 3.63) is 35.9 Å². The standard InChI is InChI=1S/C19H32N2O2/c1-18(2)10-16(11-19(3,4)21-18)20-12-17(22)14-23-13-15-8-6-5-7-9-15/h5-9,16-17,20-22H,10-14H2,1-4H3. The quantitative estimate of drug-likeness (QED) is 0.722. The molecule has 2 rings (SSSR count). The van der Waals surface area contributed by atoms with Crippen LogP contribution in [0.1, 0.15) is 46.1 Å². The molecule has 1 atom stereocenters. The largest absolute Gasteiger partial charge is 0.389 e. The number of aliphatic hydroxyl groups excluding tert-OH is 1. The van der Waals surface area contributed by atoms with Crippen LogP contribution in [0, 0.1) is 0 Å². The van der Waals surface area contributed by atoms with E-state index in [1.54, 1.807) is 0 Å². The molecule has 0 amide bonds. The Labute approximate surface area is 140 Å². The summed E-state index contributed by atoms with van der Waals surface area (Å²) in [5.41, 5.74) is 1.37. The summed E-state index contributed by atoms with van der Waals surface area (Å²) in [5.74, 6) is 0. The number of piperidine rings is 1. The lowest BCUT2D eigenvalue weighted by Crippen LogP contribution is -2.62. The van der Waals surface area contributed by atoms with E-state index < -0.39 is 6.10 Å². The van der Waals surface area contributed by atoms with Crippen molar-refractivity contribution in [1.82, 2.24) is 10.6 Å². The first-order valence-electron chi connectivity index (χ1n) is 8.58. The van der Waals surface area contributed by atoms with Gasteiger partial charge in [-0.2, -0.15) is 0 Å². The van der Waals surface area contributed by atoms with Gasteiger partial charge in [-0.1, -0.05) is 30.3 Å². The molecule has 1 fully saturated rings. The van der Waals surface area contributed by atoms with Gasteiger partial charge >= 0.3 is 0 Å². The summed E-state index contributed by atoms with van der Waals surface area (Å²) in [7, 11) is 0. The molecule has 0 aliphatic carbocycles. The fourth-order valence-corrected chi connectivity index (χ4v) is 3.72. The van der Waals surface area contributed by atoms with Crippen LogP contribution in [-0.4, -0.2) is 41.5 Å². The Hall–Kier alpha value is -0.940. The second-order valence-electron chi connectivity index (χ2n) is 8.06. The minimum absolute atomic E-state index is 0.119. The minimum Gasteiger partial charge on any atom is -0.389 e. The maximum atomic E-state index is 10.1. The summed E-state index contributed by atoms with van der Waals surface area (Å²) in [6.45, 7) is 10.4. The molecule has 0 spiro atoms. The van der Waals surface area contributed by atoms with Crippen molar-refractivity contribution in [2.24, 2.45) is 0 Å². The molecule has 0 aromatic heterocycles. The molecule has 23 heavy (non-hydrogen) atoms. The number of benzene rings is 1. The second-order valence-corrected chi connectivity index (χ2v) is 8.06. The molecule has 1 saturated heterocycles. The summed E-state index contributed by atoms with van der Waals surface area (Å²) in [6.07, 6.45) is 1.65. The summed E-state index contributed by atoms with van der Waals surface area (Å²) < 4.78 is 5.60. The first-order chi connectivity index (χ1) is 10.8. The lowest BCUT2D eigenvalue weighted by Gasteiger charge is -2.47. The van der Waals surface area contributed by atoms with Crippen LogP contribution in [0.15, 0.2) is 30.3 Å². The van der Waals surface area contributed by atoms with Gasteiger partial charge in [-0.25, -0.2) is 0 Å². The fourth-order valence-electron chi connectivity index (χ4n) is 3.72. The maximum absolute atomic E-state index is 10.1. The van der Waals surface area contributed by atoms with Gasteiger partial charge < -0.3 is 20.5 Å². The molecule has 3 N–H and O–H groups in total. The summed E-state index contributed by atoms with van der Waals surface area (Å²) in [4.78, 5) is 0. The SMILES string of the molecule is CC1(C)CC(NCC(O)COCc2ccccc2)CC(C)(C)N1. The van der Waals surface area contributed by atoms with Crippen molar-refractivity contribution in [3.8, 4) is 0 Å². The number of ether oxygens (including phenoxy) is 1. The van der Waals surface area contributed by atoms with Crippen LogP contribution in [-0.2, 0) is 11.3 Å². The Morgan fingerprint density at radius 2 is 1.78 bits per heavy atom. The van der Waals surface area contributed by atoms with Crippen LogP contribution < -0.4 is 10.6 Å². The minimum atomic E-state index is -0.472. The molecule has 4 nitrogen and oxygen atoms in total. The number of rotatable bonds is 7. The zero-order valence-electron chi connectivity index (χ0n) is 14.9. The van der Waals surface area contributed by atoms with Crippen molar-refractivity contribution >= 4 is 0 Å². The van der Waals surface area contributed by atoms with Gasteiger partial charge in [0.05, 0.1) is 19.3 Å². The van der Waals surface area contributed by atoms with Crippen molar-refractivity contribution in [3.63, 3.8) is 0 Å². The zero-order chi connectivity index (χ0) is 16.9. The van der Waals surface area contributed by atoms with Crippen LogP contribution in [0.4, 0.5) is 0 Å². The van der Waals surface area contributed by atoms with E-state index in [0.717, 1.165) is 18.4 Å². The zero-order valence-corrected chi connectivity index (χ0v) is 14.9. The van der Waals surface area contributed by atoms with Crippen LogP contribution >= 0.6 is 0 Å². The summed E-state index contributed by atoms with van der Waals surface area (Å²) in [6, 6.07) is 10.5. The fraction of sp³-hybridized carbons (Fsp3) is 0.684. The van der Waals surface area contributed by atoms with Gasteiger partial charge in [-0.15, -0.1) is 0 Å². The molecule has 1 aromatic rings. The van der Waals surface area contributed by atoms with E-state index in [-0.39, 0.29) is 11.1 Å². The number of hydrogen-bond donors (Lipinski definition) is 3. The number of aliphatic hydroxyl groups is 1. The Morgan fingerprint density at radius 1 is 1.17 bits per heavy atom. The highest BCUT2D eigenvalue weighted by molar-refractivity contribution is 5.13. The van der Waals surface area contributed by atoms with Crippen molar-refractivity contribution < 1.29 is 9.84 Å². The lowest BCUT2D eigenvalue weighted by molar-refractivity contribution is 0.0248. The molecule has 1 aromatic carbocycles. The van der Waals surface area contributed by atoms with Gasteiger partial charge in [-0.05, 0) is 46.1 Å². The Bertz CT molecular complexity index is 458. The average molecular weight is 320 g/mol. The molecule has 0 bridgehead atoms. The third-order valence-corrected chi connectivity index (χ3v) is 4.25. The first kappa shape index (κ1) is 18.4. The normalized spacial score (nSPS) is 22.0. The molecule has 1 aliphatic heterocycles. The van der Waals surface area contributed by atoms with Gasteiger partial charge in [0.1, 0.15) is 0 Å². The Morgan fingerprint density at radius 3 is 2.39 bits per heavy atom. The molecule has 130 valence electrons. The van der Waals surface area contributed by atoms with E-state index in [4.69, 9.17) is 4.74 Å². The topological polar surface area (TPSA) is 53.5 Å². The Balaban J connectivity index is 1.68. The smallest absolute Gasteiger partial charge is 0.0897 e. The van der Waals surface area contributed by atoms with E-state index in [0.29, 0.717) is 25.8 Å². The molecule has 4 heteroatoms. The maximum Gasteiger partial charge on any atom is 0.0897 e. The van der Waals surface area contributed by atoms with E-state index in [2.05, 4.69) is 38.3 Å². The van der Waals surface area contributed by atoms with Crippen LogP contribution in [0.5, 0.6) is 0 Å². The molecule has 0 radical (unpaired) electrons. The predicted octanol–water partition coefficient (Wildman–Crippen LogP) is 2.46. The second kappa shape index (κ2) is 7.75. The van der Waals surface area contributed by atoms with E-state index in [1.165, 1.54) is 0 Å². The molecular weight excluding hydrogens is 288 g/mol. The number of hydrogen-bond acceptors (Lipinski definition) is 4. The van der Waals surface area contributed by atoms with E-state index in [1.807, 2.05) is 30.3 Å². The Kier molecular flexibility index (Phi) is 6.20. The van der Waals surface area contributed by atoms with E-state index in [9.17, 15) is 5.11 Å². The van der Waals surface area contributed by atoms with Gasteiger partial charge in [-0.3, -0.25) is 0 Å². The van der Waals surface area contributed by atoms with Crippen molar-refractivity contribution in [2.75, 3.05) is 13.2 Å². The third kappa shape index (κ3) is 6.60. The number of nitrogens with one attached hydrogen (secondary N) is 2. The average Bonchev–Trinajstić information content (AvgIpc) is 2.43. The highest BCUT2D eigenvalue weighted by Crippen LogP contribution is 2.28. The summed E-state index contributed by atoms with van der Waals surface area (Å²) in [5, 5.41) is 17.3. The molecule has 1 heterocycles. The molecule has 0 saturated carbocycles. The van der Waals surface area contributed by atoms with Gasteiger partial charge in [0, 0.05) is 23.7 Å². The van der Waals surface area contributed by atoms with Gasteiger partial charge in [0.25, 0.3) is 0 Å². The van der Waals surface area contributed by atoms with Crippen LogP contribution in [0.25, 0.3) is 0 Å². The third-order valence-electron chi connectivity index (χ3n) is 4.25. The van der Waals surface area contributed by atoms with Gasteiger partial charge in [0.2, 0.25) is 0 Å². The van der Waals surface area contributed by atoms with E-state index >= 15 is 0 Å². The lowest BCUT2D eigenvalue weighted by atomic mass is 9.79.